The van der Waals surface area contributed by atoms with Gasteiger partial charge in [0.1, 0.15) is 5.54 Å². The molecule has 4 atom stereocenters. The smallest absolute Gasteiger partial charge is 0.250 e. The van der Waals surface area contributed by atoms with Crippen molar-refractivity contribution in [3.63, 3.8) is 0 Å². The summed E-state index contributed by atoms with van der Waals surface area (Å²) in [6.07, 6.45) is 2.02. The molecule has 1 spiro atoms. The molecule has 1 N–H and O–H groups in total. The number of nitrogens with one attached hydrogen (secondary N) is 1. The third-order valence-electron chi connectivity index (χ3n) is 7.19. The number of carbonyl (C=O) groups is 2. The van der Waals surface area contributed by atoms with Crippen molar-refractivity contribution in [3.05, 3.63) is 87.1 Å². The number of halogens is 1. The maximum Gasteiger partial charge on any atom is 0.250 e. The van der Waals surface area contributed by atoms with Gasteiger partial charge in [-0.1, -0.05) is 35.9 Å². The first kappa shape index (κ1) is 19.2. The highest BCUT2D eigenvalue weighted by atomic mass is 35.5. The molecule has 1 amide bonds. The number of nitrogens with zero attached hydrogens (tertiary/aromatic N) is 1. The van der Waals surface area contributed by atoms with Gasteiger partial charge < -0.3 is 5.32 Å². The molecule has 4 nitrogen and oxygen atoms in total. The summed E-state index contributed by atoms with van der Waals surface area (Å²) in [5, 5.41) is 5.76. The number of rotatable bonds is 3. The van der Waals surface area contributed by atoms with Gasteiger partial charge in [0, 0.05) is 38.7 Å². The lowest BCUT2D eigenvalue weighted by Crippen LogP contribution is -2.52. The maximum atomic E-state index is 14.2. The van der Waals surface area contributed by atoms with Crippen LogP contribution in [-0.2, 0) is 10.3 Å². The van der Waals surface area contributed by atoms with Crippen molar-refractivity contribution >= 4 is 40.3 Å². The quantitative estimate of drug-likeness (QED) is 0.552. The summed E-state index contributed by atoms with van der Waals surface area (Å²) in [7, 11) is 0. The van der Waals surface area contributed by atoms with Crippen LogP contribution in [0.15, 0.2) is 66.0 Å². The molecule has 1 aromatic heterocycles. The predicted octanol–water partition coefficient (Wildman–Crippen LogP) is 5.31. The lowest BCUT2D eigenvalue weighted by molar-refractivity contribution is -0.127. The highest BCUT2D eigenvalue weighted by molar-refractivity contribution is 7.10. The van der Waals surface area contributed by atoms with Crippen molar-refractivity contribution in [1.29, 1.82) is 0 Å². The summed E-state index contributed by atoms with van der Waals surface area (Å²) >= 11 is 7.77. The lowest BCUT2D eigenvalue weighted by Gasteiger charge is -2.36. The van der Waals surface area contributed by atoms with Crippen molar-refractivity contribution < 1.29 is 9.59 Å². The van der Waals surface area contributed by atoms with Crippen molar-refractivity contribution in [2.24, 2.45) is 5.92 Å². The van der Waals surface area contributed by atoms with Crippen LogP contribution in [-0.4, -0.2) is 29.2 Å². The first-order valence-corrected chi connectivity index (χ1v) is 11.9. The topological polar surface area (TPSA) is 49.4 Å². The van der Waals surface area contributed by atoms with Gasteiger partial charge in [0.05, 0.1) is 5.92 Å². The Balaban J connectivity index is 1.61. The number of benzene rings is 2. The fraction of sp³-hybridized carbons (Fsp3) is 0.280. The van der Waals surface area contributed by atoms with Gasteiger partial charge in [0.15, 0.2) is 5.78 Å². The van der Waals surface area contributed by atoms with E-state index in [0.29, 0.717) is 10.6 Å². The first-order valence-electron chi connectivity index (χ1n) is 10.6. The molecule has 3 aliphatic heterocycles. The van der Waals surface area contributed by atoms with Gasteiger partial charge in [-0.15, -0.1) is 11.3 Å². The van der Waals surface area contributed by atoms with Crippen LogP contribution in [0.3, 0.4) is 0 Å². The Kier molecular flexibility index (Phi) is 4.36. The molecule has 4 heterocycles. The van der Waals surface area contributed by atoms with Gasteiger partial charge in [-0.05, 0) is 61.2 Å². The molecule has 0 aliphatic carbocycles. The summed E-state index contributed by atoms with van der Waals surface area (Å²) in [5.41, 5.74) is 1.37. The second kappa shape index (κ2) is 7.02. The minimum Gasteiger partial charge on any atom is -0.324 e. The van der Waals surface area contributed by atoms with Crippen molar-refractivity contribution in [1.82, 2.24) is 4.90 Å². The SMILES string of the molecule is O=C(c1ccc(Cl)cc1)[C@@H]1[C@@H](c2cccs2)[C@@H]2CCCN2[C@]12C(=O)Nc1ccccc12. The summed E-state index contributed by atoms with van der Waals surface area (Å²) in [5.74, 6) is -0.591. The van der Waals surface area contributed by atoms with Crippen LogP contribution in [0.5, 0.6) is 0 Å². The average Bonchev–Trinajstić information content (AvgIpc) is 3.54. The summed E-state index contributed by atoms with van der Waals surface area (Å²) in [6, 6.07) is 19.2. The van der Waals surface area contributed by atoms with Gasteiger partial charge in [-0.3, -0.25) is 14.5 Å². The van der Waals surface area contributed by atoms with E-state index < -0.39 is 11.5 Å². The van der Waals surface area contributed by atoms with Crippen LogP contribution in [0.25, 0.3) is 0 Å². The molecule has 3 aromatic rings. The van der Waals surface area contributed by atoms with Crippen molar-refractivity contribution in [2.75, 3.05) is 11.9 Å². The van der Waals surface area contributed by atoms with Crippen LogP contribution in [0.1, 0.15) is 39.6 Å². The number of hydrogen-bond acceptors (Lipinski definition) is 4. The normalized spacial score (nSPS) is 29.2. The second-order valence-corrected chi connectivity index (χ2v) is 9.97. The highest BCUT2D eigenvalue weighted by Gasteiger charge is 2.69. The van der Waals surface area contributed by atoms with E-state index in [1.165, 1.54) is 4.88 Å². The Hall–Kier alpha value is -2.47. The van der Waals surface area contributed by atoms with Crippen molar-refractivity contribution in [2.45, 2.75) is 30.3 Å². The Morgan fingerprint density at radius 2 is 1.90 bits per heavy atom. The third kappa shape index (κ3) is 2.57. The number of carbonyl (C=O) groups excluding carboxylic acids is 2. The molecular weight excluding hydrogens is 428 g/mol. The van der Waals surface area contributed by atoms with Crippen LogP contribution in [0.4, 0.5) is 5.69 Å². The van der Waals surface area contributed by atoms with E-state index in [9.17, 15) is 9.59 Å². The standard InChI is InChI=1S/C25H21ClN2O2S/c26-16-11-9-15(10-12-16)23(29)22-21(20-8-4-14-31-20)19-7-3-13-28(19)25(22)17-5-1-2-6-18(17)27-24(25)30/h1-2,4-6,8-12,14,19,21-22H,3,7,13H2,(H,27,30)/t19-,21+,22-,25-/m0/s1. The van der Waals surface area contributed by atoms with E-state index in [-0.39, 0.29) is 23.7 Å². The highest BCUT2D eigenvalue weighted by Crippen LogP contribution is 2.61. The van der Waals surface area contributed by atoms with Crippen LogP contribution >= 0.6 is 22.9 Å². The molecule has 3 aliphatic rings. The zero-order valence-corrected chi connectivity index (χ0v) is 18.3. The molecule has 0 bridgehead atoms. The fourth-order valence-corrected chi connectivity index (χ4v) is 7.15. The van der Waals surface area contributed by atoms with E-state index in [1.54, 1.807) is 35.6 Å². The predicted molar refractivity (Wildman–Crippen MR) is 123 cm³/mol. The Morgan fingerprint density at radius 1 is 1.10 bits per heavy atom. The number of para-hydroxylation sites is 1. The van der Waals surface area contributed by atoms with E-state index in [1.807, 2.05) is 30.3 Å². The molecule has 0 unspecified atom stereocenters. The maximum absolute atomic E-state index is 14.2. The minimum absolute atomic E-state index is 0.0105. The number of ketones is 1. The number of Topliss-reactive ketones (excluding diaryl/α,β-unsaturated/α-hetero) is 1. The van der Waals surface area contributed by atoms with E-state index >= 15 is 0 Å². The second-order valence-electron chi connectivity index (χ2n) is 8.56. The molecule has 0 saturated carbocycles. The first-order chi connectivity index (χ1) is 15.1. The third-order valence-corrected chi connectivity index (χ3v) is 8.42. The van der Waals surface area contributed by atoms with Gasteiger partial charge in [0.2, 0.25) is 5.91 Å². The van der Waals surface area contributed by atoms with E-state index in [0.717, 1.165) is 30.6 Å². The molecule has 0 radical (unpaired) electrons. The molecular formula is C25H21ClN2O2S. The zero-order chi connectivity index (χ0) is 21.2. The average molecular weight is 449 g/mol. The summed E-state index contributed by atoms with van der Waals surface area (Å²) in [4.78, 5) is 31.5. The fourth-order valence-electron chi connectivity index (χ4n) is 6.10. The number of fused-ring (bicyclic) bond motifs is 4. The minimum atomic E-state index is -0.983. The molecule has 31 heavy (non-hydrogen) atoms. The Labute approximate surface area is 189 Å². The monoisotopic (exact) mass is 448 g/mol. The van der Waals surface area contributed by atoms with Crippen LogP contribution in [0.2, 0.25) is 5.02 Å². The lowest BCUT2D eigenvalue weighted by atomic mass is 9.70. The number of amides is 1. The zero-order valence-electron chi connectivity index (χ0n) is 16.8. The number of thiophene rings is 1. The van der Waals surface area contributed by atoms with Crippen molar-refractivity contribution in [3.8, 4) is 0 Å². The molecule has 156 valence electrons. The van der Waals surface area contributed by atoms with Gasteiger partial charge in [-0.2, -0.15) is 0 Å². The molecule has 6 rings (SSSR count). The van der Waals surface area contributed by atoms with E-state index in [2.05, 4.69) is 21.7 Å². The van der Waals surface area contributed by atoms with Crippen LogP contribution in [0, 0.1) is 5.92 Å². The van der Waals surface area contributed by atoms with Gasteiger partial charge in [-0.25, -0.2) is 0 Å². The van der Waals surface area contributed by atoms with Gasteiger partial charge >= 0.3 is 0 Å². The van der Waals surface area contributed by atoms with Crippen LogP contribution < -0.4 is 5.32 Å². The van der Waals surface area contributed by atoms with Gasteiger partial charge in [0.25, 0.3) is 0 Å². The summed E-state index contributed by atoms with van der Waals surface area (Å²) in [6.45, 7) is 0.818. The molecule has 2 fully saturated rings. The Bertz CT molecular complexity index is 1180. The number of anilines is 1. The Morgan fingerprint density at radius 3 is 2.68 bits per heavy atom. The molecule has 2 saturated heterocycles. The summed E-state index contributed by atoms with van der Waals surface area (Å²) < 4.78 is 0. The largest absolute Gasteiger partial charge is 0.324 e. The van der Waals surface area contributed by atoms with E-state index in [4.69, 9.17) is 11.6 Å². The molecule has 2 aromatic carbocycles. The number of hydrogen-bond donors (Lipinski definition) is 1. The molecule has 6 heteroatoms.